The fourth-order valence-corrected chi connectivity index (χ4v) is 2.44. The van der Waals surface area contributed by atoms with Crippen molar-refractivity contribution >= 4 is 15.9 Å². The van der Waals surface area contributed by atoms with Crippen molar-refractivity contribution in [2.75, 3.05) is 0 Å². The summed E-state index contributed by atoms with van der Waals surface area (Å²) < 4.78 is 3.24. The fraction of sp³-hybridized carbons (Fsp3) is 0.308. The molecule has 2 aromatic rings. The van der Waals surface area contributed by atoms with E-state index in [4.69, 9.17) is 0 Å². The first kappa shape index (κ1) is 10.1. The van der Waals surface area contributed by atoms with Crippen molar-refractivity contribution in [3.05, 3.63) is 46.5 Å². The summed E-state index contributed by atoms with van der Waals surface area (Å²) in [6.45, 7) is 2.12. The highest BCUT2D eigenvalue weighted by Crippen LogP contribution is 2.39. The molecule has 1 aromatic heterocycles. The lowest BCUT2D eigenvalue weighted by molar-refractivity contribution is 1.04. The predicted octanol–water partition coefficient (Wildman–Crippen LogP) is 3.82. The zero-order valence-electron chi connectivity index (χ0n) is 9.15. The smallest absolute Gasteiger partial charge is 0.0995 e. The van der Waals surface area contributed by atoms with E-state index in [-0.39, 0.29) is 0 Å². The van der Waals surface area contributed by atoms with Crippen molar-refractivity contribution in [1.29, 1.82) is 0 Å². The Labute approximate surface area is 103 Å². The molecule has 0 unspecified atom stereocenters. The number of halogens is 1. The number of hydrogen-bond acceptors (Lipinski definition) is 1. The molecule has 1 aliphatic carbocycles. The molecule has 3 heteroatoms. The van der Waals surface area contributed by atoms with Gasteiger partial charge in [-0.2, -0.15) is 0 Å². The Balaban J connectivity index is 2.00. The van der Waals surface area contributed by atoms with Gasteiger partial charge in [0.2, 0.25) is 0 Å². The monoisotopic (exact) mass is 276 g/mol. The van der Waals surface area contributed by atoms with Crippen LogP contribution in [0, 0.1) is 6.92 Å². The van der Waals surface area contributed by atoms with Crippen LogP contribution < -0.4 is 0 Å². The Hall–Kier alpha value is -1.09. The Morgan fingerprint density at radius 2 is 2.19 bits per heavy atom. The van der Waals surface area contributed by atoms with Gasteiger partial charge in [-0.3, -0.25) is 0 Å². The van der Waals surface area contributed by atoms with Gasteiger partial charge in [0.25, 0.3) is 0 Å². The molecule has 82 valence electrons. The number of hydrogen-bond donors (Lipinski definition) is 0. The highest BCUT2D eigenvalue weighted by atomic mass is 79.9. The number of aryl methyl sites for hydroxylation is 1. The molecule has 0 aliphatic heterocycles. The summed E-state index contributed by atoms with van der Waals surface area (Å²) in [4.78, 5) is 4.47. The van der Waals surface area contributed by atoms with Crippen LogP contribution in [0.5, 0.6) is 0 Å². The zero-order chi connectivity index (χ0) is 11.1. The quantitative estimate of drug-likeness (QED) is 0.816. The van der Waals surface area contributed by atoms with E-state index in [1.807, 2.05) is 6.33 Å². The lowest BCUT2D eigenvalue weighted by Crippen LogP contribution is -1.93. The number of rotatable bonds is 2. The third-order valence-corrected chi connectivity index (χ3v) is 3.53. The van der Waals surface area contributed by atoms with Crippen molar-refractivity contribution in [2.24, 2.45) is 0 Å². The predicted molar refractivity (Wildman–Crippen MR) is 68.0 cm³/mol. The Morgan fingerprint density at radius 3 is 2.88 bits per heavy atom. The molecule has 0 saturated heterocycles. The van der Waals surface area contributed by atoms with Crippen LogP contribution in [-0.4, -0.2) is 9.55 Å². The average molecular weight is 277 g/mol. The van der Waals surface area contributed by atoms with Crippen molar-refractivity contribution in [3.8, 4) is 5.69 Å². The van der Waals surface area contributed by atoms with Gasteiger partial charge in [-0.15, -0.1) is 0 Å². The van der Waals surface area contributed by atoms with E-state index < -0.39 is 0 Å². The van der Waals surface area contributed by atoms with Gasteiger partial charge >= 0.3 is 0 Å². The first-order chi connectivity index (χ1) is 7.74. The molecular weight excluding hydrogens is 264 g/mol. The summed E-state index contributed by atoms with van der Waals surface area (Å²) in [5, 5.41) is 0. The Kier molecular flexibility index (Phi) is 2.36. The summed E-state index contributed by atoms with van der Waals surface area (Å²) >= 11 is 3.48. The first-order valence-corrected chi connectivity index (χ1v) is 6.34. The van der Waals surface area contributed by atoms with Gasteiger partial charge in [0.15, 0.2) is 0 Å². The number of imidazole rings is 1. The Bertz CT molecular complexity index is 526. The molecule has 1 heterocycles. The van der Waals surface area contributed by atoms with Crippen LogP contribution in [-0.2, 0) is 0 Å². The number of nitrogens with zero attached hydrogens (tertiary/aromatic N) is 2. The molecule has 0 spiro atoms. The van der Waals surface area contributed by atoms with E-state index in [2.05, 4.69) is 56.8 Å². The zero-order valence-corrected chi connectivity index (χ0v) is 10.7. The molecule has 3 rings (SSSR count). The van der Waals surface area contributed by atoms with Crippen LogP contribution in [0.15, 0.2) is 35.2 Å². The third-order valence-electron chi connectivity index (χ3n) is 3.04. The van der Waals surface area contributed by atoms with Crippen LogP contribution in [0.25, 0.3) is 5.69 Å². The topological polar surface area (TPSA) is 17.8 Å². The molecule has 2 nitrogen and oxygen atoms in total. The van der Waals surface area contributed by atoms with Crippen LogP contribution >= 0.6 is 15.9 Å². The number of aromatic nitrogens is 2. The summed E-state index contributed by atoms with van der Waals surface area (Å²) in [5.41, 5.74) is 3.71. The highest BCUT2D eigenvalue weighted by molar-refractivity contribution is 9.10. The molecule has 16 heavy (non-hydrogen) atoms. The summed E-state index contributed by atoms with van der Waals surface area (Å²) in [6.07, 6.45) is 6.68. The van der Waals surface area contributed by atoms with Gasteiger partial charge in [0.05, 0.1) is 12.0 Å². The molecule has 0 radical (unpaired) electrons. The summed E-state index contributed by atoms with van der Waals surface area (Å²) in [7, 11) is 0. The maximum atomic E-state index is 4.47. The van der Waals surface area contributed by atoms with Crippen LogP contribution in [0.4, 0.5) is 0 Å². The fourth-order valence-electron chi connectivity index (χ4n) is 1.97. The second-order valence-corrected chi connectivity index (χ2v) is 5.33. The largest absolute Gasteiger partial charge is 0.306 e. The molecular formula is C13H13BrN2. The van der Waals surface area contributed by atoms with Gasteiger partial charge in [-0.1, -0.05) is 15.9 Å². The Morgan fingerprint density at radius 1 is 1.38 bits per heavy atom. The average Bonchev–Trinajstić information content (AvgIpc) is 2.98. The maximum Gasteiger partial charge on any atom is 0.0995 e. The molecule has 0 amide bonds. The van der Waals surface area contributed by atoms with Crippen molar-refractivity contribution in [2.45, 2.75) is 25.7 Å². The molecule has 0 atom stereocenters. The van der Waals surface area contributed by atoms with E-state index in [1.165, 1.54) is 29.8 Å². The van der Waals surface area contributed by atoms with Crippen molar-refractivity contribution in [3.63, 3.8) is 0 Å². The molecule has 1 fully saturated rings. The molecule has 0 N–H and O–H groups in total. The maximum absolute atomic E-state index is 4.47. The van der Waals surface area contributed by atoms with Crippen molar-refractivity contribution in [1.82, 2.24) is 9.55 Å². The van der Waals surface area contributed by atoms with Crippen LogP contribution in [0.2, 0.25) is 0 Å². The molecule has 1 saturated carbocycles. The minimum atomic E-state index is 0.719. The minimum absolute atomic E-state index is 0.719. The van der Waals surface area contributed by atoms with Crippen molar-refractivity contribution < 1.29 is 0 Å². The minimum Gasteiger partial charge on any atom is -0.306 e. The lowest BCUT2D eigenvalue weighted by atomic mass is 10.2. The van der Waals surface area contributed by atoms with E-state index in [0.29, 0.717) is 0 Å². The van der Waals surface area contributed by atoms with Gasteiger partial charge in [-0.05, 0) is 43.5 Å². The molecule has 0 bridgehead atoms. The normalized spacial score (nSPS) is 15.4. The third kappa shape index (κ3) is 1.80. The van der Waals surface area contributed by atoms with Gasteiger partial charge < -0.3 is 4.57 Å². The van der Waals surface area contributed by atoms with E-state index in [0.717, 1.165) is 10.4 Å². The summed E-state index contributed by atoms with van der Waals surface area (Å²) in [6, 6.07) is 6.32. The molecule has 1 aliphatic rings. The molecule has 1 aromatic carbocycles. The van der Waals surface area contributed by atoms with Gasteiger partial charge in [0, 0.05) is 22.3 Å². The second kappa shape index (κ2) is 3.74. The first-order valence-electron chi connectivity index (χ1n) is 5.54. The number of benzene rings is 1. The second-order valence-electron chi connectivity index (χ2n) is 4.41. The van der Waals surface area contributed by atoms with Crippen LogP contribution in [0.1, 0.15) is 30.0 Å². The summed E-state index contributed by atoms with van der Waals surface area (Å²) in [5.74, 6) is 0.719. The lowest BCUT2D eigenvalue weighted by Gasteiger charge is -2.06. The van der Waals surface area contributed by atoms with E-state index >= 15 is 0 Å². The SMILES string of the molecule is Cc1cc(Br)ccc1-n1cnc(C2CC2)c1. The standard InChI is InChI=1S/C13H13BrN2/c1-9-6-11(14)4-5-13(9)16-7-12(15-8-16)10-2-3-10/h4-8,10H,2-3H2,1H3. The van der Waals surface area contributed by atoms with E-state index in [9.17, 15) is 0 Å². The van der Waals surface area contributed by atoms with Crippen LogP contribution in [0.3, 0.4) is 0 Å². The van der Waals surface area contributed by atoms with E-state index in [1.54, 1.807) is 0 Å². The van der Waals surface area contributed by atoms with Gasteiger partial charge in [0.1, 0.15) is 0 Å². The van der Waals surface area contributed by atoms with Gasteiger partial charge in [-0.25, -0.2) is 4.98 Å². The highest BCUT2D eigenvalue weighted by Gasteiger charge is 2.25.